The third-order valence-corrected chi connectivity index (χ3v) is 6.18. The van der Waals surface area contributed by atoms with E-state index >= 15 is 0 Å². The van der Waals surface area contributed by atoms with E-state index in [1.807, 2.05) is 31.2 Å². The molecule has 0 saturated carbocycles. The summed E-state index contributed by atoms with van der Waals surface area (Å²) in [4.78, 5) is 30.0. The number of piperazine rings is 1. The second-order valence-corrected chi connectivity index (χ2v) is 8.51. The smallest absolute Gasteiger partial charge is 0.349 e. The molecule has 0 bridgehead atoms. The van der Waals surface area contributed by atoms with Crippen LogP contribution in [-0.4, -0.2) is 61.5 Å². The van der Waals surface area contributed by atoms with E-state index < -0.39 is 5.63 Å². The van der Waals surface area contributed by atoms with Gasteiger partial charge in [0.2, 0.25) is 0 Å². The van der Waals surface area contributed by atoms with Crippen LogP contribution in [-0.2, 0) is 12.8 Å². The molecule has 168 valence electrons. The molecule has 31 heavy (non-hydrogen) atoms. The third kappa shape index (κ3) is 6.52. The molecule has 6 heteroatoms. The second-order valence-electron chi connectivity index (χ2n) is 8.51. The average molecular weight is 426 g/mol. The molecule has 1 saturated heterocycles. The highest BCUT2D eigenvalue weighted by atomic mass is 16.4. The van der Waals surface area contributed by atoms with Gasteiger partial charge >= 0.3 is 5.63 Å². The van der Waals surface area contributed by atoms with Gasteiger partial charge in [0.15, 0.2) is 0 Å². The quantitative estimate of drug-likeness (QED) is 0.669. The summed E-state index contributed by atoms with van der Waals surface area (Å²) in [6, 6.07) is 12.4. The Morgan fingerprint density at radius 1 is 1.13 bits per heavy atom. The van der Waals surface area contributed by atoms with E-state index in [0.29, 0.717) is 24.3 Å². The summed E-state index contributed by atoms with van der Waals surface area (Å²) in [6.45, 7) is 8.57. The Morgan fingerprint density at radius 2 is 1.84 bits per heavy atom. The van der Waals surface area contributed by atoms with E-state index in [9.17, 15) is 9.59 Å². The van der Waals surface area contributed by atoms with Crippen molar-refractivity contribution in [2.75, 3.05) is 39.8 Å². The molecule has 6 nitrogen and oxygen atoms in total. The first kappa shape index (κ1) is 23.2. The zero-order valence-corrected chi connectivity index (χ0v) is 19.0. The molecule has 0 radical (unpaired) electrons. The maximum atomic E-state index is 12.8. The molecular formula is C25H35N3O3. The first-order valence-electron chi connectivity index (χ1n) is 11.4. The minimum Gasteiger partial charge on any atom is -0.427 e. The maximum absolute atomic E-state index is 12.8. The van der Waals surface area contributed by atoms with Crippen molar-refractivity contribution in [3.05, 3.63) is 69.3 Å². The fourth-order valence-electron chi connectivity index (χ4n) is 4.20. The van der Waals surface area contributed by atoms with Gasteiger partial charge < -0.3 is 14.6 Å². The largest absolute Gasteiger partial charge is 0.427 e. The molecule has 1 atom stereocenters. The predicted molar refractivity (Wildman–Crippen MR) is 124 cm³/mol. The van der Waals surface area contributed by atoms with Crippen LogP contribution in [0.3, 0.4) is 0 Å². The van der Waals surface area contributed by atoms with Gasteiger partial charge in [-0.25, -0.2) is 4.79 Å². The van der Waals surface area contributed by atoms with E-state index in [4.69, 9.17) is 4.42 Å². The molecule has 1 aromatic heterocycles. The Bertz CT molecular complexity index is 902. The van der Waals surface area contributed by atoms with Crippen LogP contribution in [0.25, 0.3) is 0 Å². The highest BCUT2D eigenvalue weighted by molar-refractivity contribution is 5.95. The maximum Gasteiger partial charge on any atom is 0.349 e. The highest BCUT2D eigenvalue weighted by Gasteiger charge is 2.23. The number of nitrogens with zero attached hydrogens (tertiary/aromatic N) is 2. The summed E-state index contributed by atoms with van der Waals surface area (Å²) in [5.74, 6) is 0.300. The van der Waals surface area contributed by atoms with Gasteiger partial charge in [-0.3, -0.25) is 9.69 Å². The normalized spacial score (nSPS) is 16.2. The summed E-state index contributed by atoms with van der Waals surface area (Å²) < 4.78 is 5.48. The Morgan fingerprint density at radius 3 is 2.48 bits per heavy atom. The molecule has 1 amide bonds. The van der Waals surface area contributed by atoms with E-state index in [1.54, 1.807) is 0 Å². The summed E-state index contributed by atoms with van der Waals surface area (Å²) in [5, 5.41) is 2.97. The van der Waals surface area contributed by atoms with E-state index in [1.165, 1.54) is 5.56 Å². The molecule has 1 N–H and O–H groups in total. The van der Waals surface area contributed by atoms with Crippen molar-refractivity contribution in [3.8, 4) is 0 Å². The third-order valence-electron chi connectivity index (χ3n) is 6.18. The number of hydrogen-bond donors (Lipinski definition) is 1. The number of rotatable bonds is 9. The molecule has 1 aliphatic rings. The van der Waals surface area contributed by atoms with E-state index in [2.05, 4.69) is 41.2 Å². The lowest BCUT2D eigenvalue weighted by molar-refractivity contribution is 0.0877. The number of benzene rings is 1. The van der Waals surface area contributed by atoms with Crippen molar-refractivity contribution < 1.29 is 9.21 Å². The van der Waals surface area contributed by atoms with Crippen LogP contribution < -0.4 is 10.9 Å². The van der Waals surface area contributed by atoms with Gasteiger partial charge in [-0.2, -0.15) is 0 Å². The number of carbonyl (C=O) groups is 1. The van der Waals surface area contributed by atoms with Crippen LogP contribution >= 0.6 is 0 Å². The van der Waals surface area contributed by atoms with Crippen molar-refractivity contribution in [2.45, 2.75) is 45.6 Å². The van der Waals surface area contributed by atoms with Crippen LogP contribution in [0, 0.1) is 6.92 Å². The van der Waals surface area contributed by atoms with Gasteiger partial charge in [0.1, 0.15) is 11.3 Å². The molecule has 1 fully saturated rings. The van der Waals surface area contributed by atoms with Crippen LogP contribution in [0.1, 0.15) is 47.0 Å². The fraction of sp³-hybridized carbons (Fsp3) is 0.520. The topological polar surface area (TPSA) is 65.8 Å². The minimum absolute atomic E-state index is 0.125. The first-order chi connectivity index (χ1) is 15.0. The molecule has 1 unspecified atom stereocenters. The van der Waals surface area contributed by atoms with Gasteiger partial charge in [-0.1, -0.05) is 37.3 Å². The number of likely N-dealkylation sites (N-methyl/N-ethyl adjacent to an activating group) is 1. The average Bonchev–Trinajstić information content (AvgIpc) is 2.75. The van der Waals surface area contributed by atoms with Crippen molar-refractivity contribution in [1.29, 1.82) is 0 Å². The predicted octanol–water partition coefficient (Wildman–Crippen LogP) is 2.88. The minimum atomic E-state index is -0.542. The van der Waals surface area contributed by atoms with E-state index in [0.717, 1.165) is 45.4 Å². The summed E-state index contributed by atoms with van der Waals surface area (Å²) >= 11 is 0. The van der Waals surface area contributed by atoms with Crippen molar-refractivity contribution in [1.82, 2.24) is 15.1 Å². The molecule has 3 rings (SSSR count). The molecule has 0 aliphatic carbocycles. The second kappa shape index (κ2) is 11.3. The Kier molecular flexibility index (Phi) is 8.43. The van der Waals surface area contributed by atoms with Gasteiger partial charge in [-0.15, -0.1) is 0 Å². The SMILES string of the molecule is CCC(CNC(=O)c1c(C)cc(CCCc2ccccc2)oc1=O)N1CCN(C)CC1. The number of amides is 1. The molecule has 1 aliphatic heterocycles. The summed E-state index contributed by atoms with van der Waals surface area (Å²) in [7, 11) is 2.13. The molecule has 0 spiro atoms. The van der Waals surface area contributed by atoms with Gasteiger partial charge in [0.05, 0.1) is 0 Å². The Hall–Kier alpha value is -2.44. The van der Waals surface area contributed by atoms with Crippen LogP contribution in [0.15, 0.2) is 45.6 Å². The molecule has 2 heterocycles. The monoisotopic (exact) mass is 425 g/mol. The van der Waals surface area contributed by atoms with Crippen molar-refractivity contribution in [3.63, 3.8) is 0 Å². The lowest BCUT2D eigenvalue weighted by atomic mass is 10.1. The van der Waals surface area contributed by atoms with Gasteiger partial charge in [-0.05, 0) is 50.4 Å². The van der Waals surface area contributed by atoms with Crippen LogP contribution in [0.2, 0.25) is 0 Å². The number of carbonyl (C=O) groups excluding carboxylic acids is 1. The van der Waals surface area contributed by atoms with Gasteiger partial charge in [0, 0.05) is 45.2 Å². The van der Waals surface area contributed by atoms with Crippen LogP contribution in [0.4, 0.5) is 0 Å². The number of aryl methyl sites for hydroxylation is 3. The highest BCUT2D eigenvalue weighted by Crippen LogP contribution is 2.12. The standard InChI is InChI=1S/C25H35N3O3/c1-4-21(28-15-13-27(3)14-16-28)18-26-24(29)23-19(2)17-22(31-25(23)30)12-8-11-20-9-6-5-7-10-20/h5-7,9-10,17,21H,4,8,11-16,18H2,1-3H3,(H,26,29). The van der Waals surface area contributed by atoms with Crippen molar-refractivity contribution >= 4 is 5.91 Å². The summed E-state index contributed by atoms with van der Waals surface area (Å²) in [6.07, 6.45) is 3.45. The molecule has 1 aromatic carbocycles. The fourth-order valence-corrected chi connectivity index (χ4v) is 4.20. The molecular weight excluding hydrogens is 390 g/mol. The van der Waals surface area contributed by atoms with E-state index in [-0.39, 0.29) is 17.5 Å². The zero-order chi connectivity index (χ0) is 22.2. The Labute approximate surface area is 185 Å². The first-order valence-corrected chi connectivity index (χ1v) is 11.4. The zero-order valence-electron chi connectivity index (χ0n) is 19.0. The lowest BCUT2D eigenvalue weighted by Crippen LogP contribution is -2.52. The number of hydrogen-bond acceptors (Lipinski definition) is 5. The van der Waals surface area contributed by atoms with Crippen LogP contribution in [0.5, 0.6) is 0 Å². The molecule has 2 aromatic rings. The summed E-state index contributed by atoms with van der Waals surface area (Å²) in [5.41, 5.74) is 1.53. The Balaban J connectivity index is 1.56. The van der Waals surface area contributed by atoms with Crippen molar-refractivity contribution in [2.24, 2.45) is 0 Å². The van der Waals surface area contributed by atoms with Gasteiger partial charge in [0.25, 0.3) is 5.91 Å². The number of nitrogens with one attached hydrogen (secondary N) is 1. The lowest BCUT2D eigenvalue weighted by Gasteiger charge is -2.37.